The molecule has 1 aliphatic heterocycles. The average molecular weight is 530 g/mol. The molecule has 0 radical (unpaired) electrons. The van der Waals surface area contributed by atoms with E-state index in [2.05, 4.69) is 15.0 Å². The van der Waals surface area contributed by atoms with E-state index >= 15 is 0 Å². The van der Waals surface area contributed by atoms with Crippen molar-refractivity contribution in [2.24, 2.45) is 0 Å². The number of amides is 1. The topological polar surface area (TPSA) is 132 Å². The lowest BCUT2D eigenvalue weighted by atomic mass is 10.1. The van der Waals surface area contributed by atoms with Crippen LogP contribution in [0.1, 0.15) is 24.2 Å². The molecule has 0 bridgehead atoms. The van der Waals surface area contributed by atoms with Gasteiger partial charge < -0.3 is 15.3 Å². The molecule has 2 aromatic carbocycles. The van der Waals surface area contributed by atoms with E-state index in [1.54, 1.807) is 6.07 Å². The Morgan fingerprint density at radius 2 is 1.73 bits per heavy atom. The maximum absolute atomic E-state index is 13.2. The molecule has 0 unspecified atom stereocenters. The molecule has 1 aliphatic rings. The number of nitrogens with zero attached hydrogens (tertiary/aromatic N) is 3. The van der Waals surface area contributed by atoms with Crippen molar-refractivity contribution >= 4 is 44.3 Å². The summed E-state index contributed by atoms with van der Waals surface area (Å²) in [4.78, 5) is 32.6. The van der Waals surface area contributed by atoms with Gasteiger partial charge in [0.2, 0.25) is 5.91 Å². The minimum Gasteiger partial charge on any atom is -0.478 e. The predicted molar refractivity (Wildman–Crippen MR) is 138 cm³/mol. The number of fused-ring (bicyclic) bond motifs is 1. The third-order valence-electron chi connectivity index (χ3n) is 5.91. The highest BCUT2D eigenvalue weighted by molar-refractivity contribution is 7.92. The van der Waals surface area contributed by atoms with Crippen molar-refractivity contribution in [1.82, 2.24) is 15.2 Å². The van der Waals surface area contributed by atoms with E-state index in [0.29, 0.717) is 44.1 Å². The summed E-state index contributed by atoms with van der Waals surface area (Å²) in [6, 6.07) is 10.4. The molecule has 10 nitrogen and oxygen atoms in total. The van der Waals surface area contributed by atoms with E-state index in [1.807, 2.05) is 23.6 Å². The molecular weight excluding hydrogens is 501 g/mol. The fourth-order valence-corrected chi connectivity index (χ4v) is 5.20. The number of sulfonamides is 1. The zero-order chi connectivity index (χ0) is 26.7. The zero-order valence-electron chi connectivity index (χ0n) is 20.4. The Hall–Kier alpha value is -3.77. The largest absolute Gasteiger partial charge is 0.478 e. The summed E-state index contributed by atoms with van der Waals surface area (Å²) in [5.74, 6) is -1.27. The lowest BCUT2D eigenvalue weighted by Gasteiger charge is -2.35. The number of aromatic carboxylic acids is 1. The number of hydrogen-bond donors (Lipinski definition) is 3. The number of carboxylic acid groups (broad SMARTS) is 1. The number of hydrogen-bond acceptors (Lipinski definition) is 7. The Bertz CT molecular complexity index is 1420. The van der Waals surface area contributed by atoms with Gasteiger partial charge >= 0.3 is 5.97 Å². The number of pyridine rings is 1. The van der Waals surface area contributed by atoms with E-state index in [1.165, 1.54) is 18.2 Å². The number of aromatic nitrogens is 1. The standard InChI is InChI=1S/C25H28FN5O5S/c1-16(2)27-24(32)15-30-9-11-31(12-10-30)23-14-21(25(33)34)20-13-18(5-8-22(20)28-23)29-37(35,36)19-6-3-17(26)4-7-19/h3-8,13-14,16,29H,9-12,15H2,1-2H3,(H,27,32)(H,33,34). The van der Waals surface area contributed by atoms with Gasteiger partial charge in [-0.05, 0) is 62.4 Å². The van der Waals surface area contributed by atoms with Gasteiger partial charge in [-0.2, -0.15) is 0 Å². The molecular formula is C25H28FN5O5S. The Morgan fingerprint density at radius 1 is 1.05 bits per heavy atom. The summed E-state index contributed by atoms with van der Waals surface area (Å²) >= 11 is 0. The van der Waals surface area contributed by atoms with Crippen LogP contribution in [0.4, 0.5) is 15.9 Å². The maximum atomic E-state index is 13.2. The van der Waals surface area contributed by atoms with Gasteiger partial charge in [-0.15, -0.1) is 0 Å². The molecule has 37 heavy (non-hydrogen) atoms. The number of piperazine rings is 1. The molecule has 1 amide bonds. The van der Waals surface area contributed by atoms with Crippen LogP contribution in [0.15, 0.2) is 53.4 Å². The summed E-state index contributed by atoms with van der Waals surface area (Å²) in [7, 11) is -4.00. The molecule has 0 saturated carbocycles. The van der Waals surface area contributed by atoms with Gasteiger partial charge in [0, 0.05) is 43.3 Å². The van der Waals surface area contributed by atoms with Crippen LogP contribution in [0, 0.1) is 5.82 Å². The molecule has 1 saturated heterocycles. The SMILES string of the molecule is CC(C)NC(=O)CN1CCN(c2cc(C(=O)O)c3cc(NS(=O)(=O)c4ccc(F)cc4)ccc3n2)CC1. The van der Waals surface area contributed by atoms with Crippen LogP contribution in [-0.4, -0.2) is 74.1 Å². The molecule has 4 rings (SSSR count). The van der Waals surface area contributed by atoms with Gasteiger partial charge in [0.05, 0.1) is 22.5 Å². The van der Waals surface area contributed by atoms with Gasteiger partial charge in [-0.25, -0.2) is 22.6 Å². The van der Waals surface area contributed by atoms with Gasteiger partial charge in [0.1, 0.15) is 11.6 Å². The Labute approximate surface area is 214 Å². The minimum absolute atomic E-state index is 0.0124. The second-order valence-corrected chi connectivity index (χ2v) is 10.8. The number of rotatable bonds is 8. The second kappa shape index (κ2) is 10.7. The highest BCUT2D eigenvalue weighted by atomic mass is 32.2. The average Bonchev–Trinajstić information content (AvgIpc) is 2.83. The smallest absolute Gasteiger partial charge is 0.336 e. The van der Waals surface area contributed by atoms with E-state index in [0.717, 1.165) is 24.3 Å². The van der Waals surface area contributed by atoms with Gasteiger partial charge in [0.15, 0.2) is 0 Å². The molecule has 0 atom stereocenters. The normalized spacial score (nSPS) is 14.6. The monoisotopic (exact) mass is 529 g/mol. The Balaban J connectivity index is 1.54. The molecule has 1 aromatic heterocycles. The number of halogens is 1. The van der Waals surface area contributed by atoms with Crippen molar-refractivity contribution in [3.05, 3.63) is 59.9 Å². The van der Waals surface area contributed by atoms with E-state index < -0.39 is 21.8 Å². The summed E-state index contributed by atoms with van der Waals surface area (Å²) < 4.78 is 40.9. The zero-order valence-corrected chi connectivity index (χ0v) is 21.3. The first-order valence-corrected chi connectivity index (χ1v) is 13.2. The first-order chi connectivity index (χ1) is 17.5. The van der Waals surface area contributed by atoms with Gasteiger partial charge in [-0.1, -0.05) is 0 Å². The number of anilines is 2. The molecule has 2 heterocycles. The van der Waals surface area contributed by atoms with Crippen LogP contribution in [0.2, 0.25) is 0 Å². The number of carboxylic acids is 1. The molecule has 196 valence electrons. The highest BCUT2D eigenvalue weighted by Gasteiger charge is 2.23. The van der Waals surface area contributed by atoms with Crippen LogP contribution in [0.5, 0.6) is 0 Å². The van der Waals surface area contributed by atoms with Crippen molar-refractivity contribution in [2.75, 3.05) is 42.3 Å². The van der Waals surface area contributed by atoms with Crippen molar-refractivity contribution in [3.63, 3.8) is 0 Å². The number of carbonyl (C=O) groups is 2. The number of nitrogens with one attached hydrogen (secondary N) is 2. The molecule has 0 spiro atoms. The van der Waals surface area contributed by atoms with E-state index in [9.17, 15) is 27.5 Å². The fraction of sp³-hybridized carbons (Fsp3) is 0.320. The maximum Gasteiger partial charge on any atom is 0.336 e. The number of carbonyl (C=O) groups excluding carboxylic acids is 1. The van der Waals surface area contributed by atoms with Crippen LogP contribution >= 0.6 is 0 Å². The minimum atomic E-state index is -4.00. The third kappa shape index (κ3) is 6.33. The Morgan fingerprint density at radius 3 is 2.35 bits per heavy atom. The lowest BCUT2D eigenvalue weighted by Crippen LogP contribution is -2.50. The molecule has 12 heteroatoms. The second-order valence-electron chi connectivity index (χ2n) is 9.11. The fourth-order valence-electron chi connectivity index (χ4n) is 4.15. The molecule has 3 aromatic rings. The first-order valence-electron chi connectivity index (χ1n) is 11.7. The van der Waals surface area contributed by atoms with E-state index in [4.69, 9.17) is 0 Å². The van der Waals surface area contributed by atoms with Crippen LogP contribution in [0.3, 0.4) is 0 Å². The van der Waals surface area contributed by atoms with Gasteiger partial charge in [0.25, 0.3) is 10.0 Å². The summed E-state index contributed by atoms with van der Waals surface area (Å²) in [5, 5.41) is 13.0. The van der Waals surface area contributed by atoms with Crippen molar-refractivity contribution in [3.8, 4) is 0 Å². The summed E-state index contributed by atoms with van der Waals surface area (Å²) in [6.45, 7) is 6.50. The third-order valence-corrected chi connectivity index (χ3v) is 7.31. The van der Waals surface area contributed by atoms with Crippen molar-refractivity contribution in [2.45, 2.75) is 24.8 Å². The van der Waals surface area contributed by atoms with Crippen molar-refractivity contribution < 1.29 is 27.5 Å². The first kappa shape index (κ1) is 26.3. The van der Waals surface area contributed by atoms with Crippen LogP contribution in [0.25, 0.3) is 10.9 Å². The quantitative estimate of drug-likeness (QED) is 0.406. The summed E-state index contributed by atoms with van der Waals surface area (Å²) in [6.07, 6.45) is 0. The van der Waals surface area contributed by atoms with Gasteiger partial charge in [-0.3, -0.25) is 14.4 Å². The van der Waals surface area contributed by atoms with Crippen LogP contribution in [-0.2, 0) is 14.8 Å². The summed E-state index contributed by atoms with van der Waals surface area (Å²) in [5.41, 5.74) is 0.544. The molecule has 0 aliphatic carbocycles. The van der Waals surface area contributed by atoms with E-state index in [-0.39, 0.29) is 33.5 Å². The van der Waals surface area contributed by atoms with Crippen LogP contribution < -0.4 is 14.9 Å². The number of benzene rings is 2. The molecule has 3 N–H and O–H groups in total. The highest BCUT2D eigenvalue weighted by Crippen LogP contribution is 2.28. The molecule has 1 fully saturated rings. The lowest BCUT2D eigenvalue weighted by molar-refractivity contribution is -0.122. The Kier molecular flexibility index (Phi) is 7.60. The van der Waals surface area contributed by atoms with Crippen molar-refractivity contribution in [1.29, 1.82) is 0 Å². The predicted octanol–water partition coefficient (Wildman–Crippen LogP) is 2.52.